The van der Waals surface area contributed by atoms with E-state index in [4.69, 9.17) is 0 Å². The van der Waals surface area contributed by atoms with Crippen LogP contribution in [0, 0.1) is 0 Å². The second kappa shape index (κ2) is 5.70. The van der Waals surface area contributed by atoms with E-state index in [1.807, 2.05) is 17.9 Å². The Morgan fingerprint density at radius 1 is 0.913 bits per heavy atom. The summed E-state index contributed by atoms with van der Waals surface area (Å²) in [5, 5.41) is 2.96. The Morgan fingerprint density at radius 3 is 2.04 bits per heavy atom. The fourth-order valence-corrected chi connectivity index (χ4v) is 8.87. The summed E-state index contributed by atoms with van der Waals surface area (Å²) in [5.41, 5.74) is 0. The Kier molecular flexibility index (Phi) is 3.54. The molecule has 3 aromatic rings. The summed E-state index contributed by atoms with van der Waals surface area (Å²) in [7, 11) is 0.0585. The van der Waals surface area contributed by atoms with E-state index >= 15 is 0 Å². The first-order valence-corrected chi connectivity index (χ1v) is 10.3. The molecule has 0 bridgehead atoms. The van der Waals surface area contributed by atoms with Gasteiger partial charge in [-0.25, -0.2) is 4.98 Å². The third-order valence-electron chi connectivity index (χ3n) is 4.85. The lowest BCUT2D eigenvalue weighted by Gasteiger charge is -2.37. The maximum atomic E-state index is 4.67. The first-order chi connectivity index (χ1) is 11.3. The first-order valence-electron chi connectivity index (χ1n) is 8.17. The molecule has 0 unspecified atom stereocenters. The first kappa shape index (κ1) is 14.3. The van der Waals surface area contributed by atoms with Crippen molar-refractivity contribution in [2.24, 2.45) is 7.05 Å². The van der Waals surface area contributed by atoms with Crippen molar-refractivity contribution in [2.75, 3.05) is 11.1 Å². The fraction of sp³-hybridized carbons (Fsp3) is 0.211. The smallest absolute Gasteiger partial charge is 0.221 e. The quantitative estimate of drug-likeness (QED) is 0.691. The third-order valence-corrected chi connectivity index (χ3v) is 9.88. The van der Waals surface area contributed by atoms with Gasteiger partial charge in [0.05, 0.1) is 6.33 Å². The lowest BCUT2D eigenvalue weighted by molar-refractivity contribution is 0.912. The number of imidazole rings is 1. The van der Waals surface area contributed by atoms with Crippen LogP contribution in [0.3, 0.4) is 0 Å². The van der Waals surface area contributed by atoms with Crippen molar-refractivity contribution in [3.05, 3.63) is 73.2 Å². The molecule has 0 amide bonds. The molecule has 3 nitrogen and oxygen atoms in total. The van der Waals surface area contributed by atoms with Gasteiger partial charge in [-0.2, -0.15) is 0 Å². The highest BCUT2D eigenvalue weighted by atomic mass is 28.3. The standard InChI is InChI=1S/C19H21N3Si/c1-21-15-19(20-16-21)22-13-8-14-23(22,17-9-4-2-5-10-17)18-11-6-3-7-12-18/h2-7,9-12,15-16H,8,13-14H2,1H3. The zero-order valence-electron chi connectivity index (χ0n) is 13.4. The van der Waals surface area contributed by atoms with E-state index in [1.165, 1.54) is 22.8 Å². The molecular formula is C19H21N3Si. The molecule has 2 aromatic carbocycles. The van der Waals surface area contributed by atoms with Crippen LogP contribution >= 0.6 is 0 Å². The number of aromatic nitrogens is 2. The van der Waals surface area contributed by atoms with E-state index in [2.05, 4.69) is 76.4 Å². The van der Waals surface area contributed by atoms with Crippen molar-refractivity contribution in [3.63, 3.8) is 0 Å². The Balaban J connectivity index is 1.92. The van der Waals surface area contributed by atoms with Gasteiger partial charge in [-0.3, -0.25) is 0 Å². The Morgan fingerprint density at radius 2 is 1.52 bits per heavy atom. The highest BCUT2D eigenvalue weighted by Crippen LogP contribution is 2.30. The SMILES string of the molecule is Cn1cnc(N2CCC[Si]2(c2ccccc2)c2ccccc2)c1. The molecule has 1 aliphatic rings. The molecule has 1 fully saturated rings. The molecule has 0 atom stereocenters. The Hall–Kier alpha value is -2.33. The predicted octanol–water partition coefficient (Wildman–Crippen LogP) is 2.39. The van der Waals surface area contributed by atoms with Gasteiger partial charge in [0.1, 0.15) is 5.82 Å². The second-order valence-corrected chi connectivity index (χ2v) is 10.2. The molecule has 116 valence electrons. The minimum atomic E-state index is -1.98. The monoisotopic (exact) mass is 319 g/mol. The van der Waals surface area contributed by atoms with Crippen LogP contribution in [-0.4, -0.2) is 24.3 Å². The summed E-state index contributed by atoms with van der Waals surface area (Å²) >= 11 is 0. The second-order valence-electron chi connectivity index (χ2n) is 6.24. The summed E-state index contributed by atoms with van der Waals surface area (Å²) in [5.74, 6) is 1.12. The zero-order chi connectivity index (χ0) is 15.7. The summed E-state index contributed by atoms with van der Waals surface area (Å²) in [4.78, 5) is 4.67. The zero-order valence-corrected chi connectivity index (χ0v) is 14.4. The van der Waals surface area contributed by atoms with Gasteiger partial charge >= 0.3 is 0 Å². The van der Waals surface area contributed by atoms with Gasteiger partial charge in [-0.05, 0) is 22.8 Å². The van der Waals surface area contributed by atoms with E-state index in [0.29, 0.717) is 0 Å². The van der Waals surface area contributed by atoms with Crippen molar-refractivity contribution in [1.82, 2.24) is 9.55 Å². The molecule has 2 heterocycles. The molecule has 0 aliphatic carbocycles. The van der Waals surface area contributed by atoms with Crippen LogP contribution < -0.4 is 14.9 Å². The van der Waals surface area contributed by atoms with Crippen LogP contribution in [0.1, 0.15) is 6.42 Å². The number of anilines is 1. The molecule has 4 rings (SSSR count). The molecule has 1 saturated heterocycles. The van der Waals surface area contributed by atoms with E-state index < -0.39 is 8.24 Å². The topological polar surface area (TPSA) is 21.1 Å². The average molecular weight is 319 g/mol. The minimum absolute atomic E-state index is 1.09. The number of nitrogens with zero attached hydrogens (tertiary/aromatic N) is 3. The van der Waals surface area contributed by atoms with Crippen LogP contribution in [0.2, 0.25) is 6.04 Å². The van der Waals surface area contributed by atoms with Crippen LogP contribution in [0.4, 0.5) is 5.82 Å². The maximum absolute atomic E-state index is 4.67. The van der Waals surface area contributed by atoms with E-state index in [0.717, 1.165) is 12.4 Å². The van der Waals surface area contributed by atoms with Crippen LogP contribution in [0.25, 0.3) is 0 Å². The van der Waals surface area contributed by atoms with Crippen molar-refractivity contribution in [3.8, 4) is 0 Å². The summed E-state index contributed by atoms with van der Waals surface area (Å²) in [6.07, 6.45) is 5.29. The highest BCUT2D eigenvalue weighted by molar-refractivity contribution is 7.05. The fourth-order valence-electron chi connectivity index (χ4n) is 3.86. The number of benzene rings is 2. The number of rotatable bonds is 3. The van der Waals surface area contributed by atoms with E-state index in [1.54, 1.807) is 0 Å². The minimum Gasteiger partial charge on any atom is -0.373 e. The largest absolute Gasteiger partial charge is 0.373 e. The summed E-state index contributed by atoms with van der Waals surface area (Å²) in [6.45, 7) is 1.09. The Bertz CT molecular complexity index is 743. The van der Waals surface area contributed by atoms with Crippen LogP contribution in [-0.2, 0) is 7.05 Å². The van der Waals surface area contributed by atoms with Crippen molar-refractivity contribution >= 4 is 24.4 Å². The van der Waals surface area contributed by atoms with Crippen LogP contribution in [0.5, 0.6) is 0 Å². The number of aryl methyl sites for hydroxylation is 1. The van der Waals surface area contributed by atoms with Crippen molar-refractivity contribution in [2.45, 2.75) is 12.5 Å². The molecule has 1 aromatic heterocycles. The molecule has 0 radical (unpaired) electrons. The van der Waals surface area contributed by atoms with Gasteiger partial charge < -0.3 is 9.13 Å². The number of hydrogen-bond acceptors (Lipinski definition) is 2. The summed E-state index contributed by atoms with van der Waals surface area (Å²) in [6, 6.07) is 23.4. The van der Waals surface area contributed by atoms with Crippen molar-refractivity contribution in [1.29, 1.82) is 0 Å². The average Bonchev–Trinajstić information content (AvgIpc) is 3.23. The highest BCUT2D eigenvalue weighted by Gasteiger charge is 2.47. The van der Waals surface area contributed by atoms with Gasteiger partial charge in [0.15, 0.2) is 0 Å². The molecule has 1 aliphatic heterocycles. The summed E-state index contributed by atoms with van der Waals surface area (Å²) < 4.78 is 4.65. The van der Waals surface area contributed by atoms with Gasteiger partial charge in [0.25, 0.3) is 0 Å². The molecule has 4 heteroatoms. The van der Waals surface area contributed by atoms with E-state index in [-0.39, 0.29) is 0 Å². The molecule has 0 saturated carbocycles. The number of hydrogen-bond donors (Lipinski definition) is 0. The van der Waals surface area contributed by atoms with E-state index in [9.17, 15) is 0 Å². The molecule has 0 N–H and O–H groups in total. The van der Waals surface area contributed by atoms with Crippen molar-refractivity contribution < 1.29 is 0 Å². The molecular weight excluding hydrogens is 298 g/mol. The Labute approximate surface area is 138 Å². The maximum Gasteiger partial charge on any atom is 0.221 e. The van der Waals surface area contributed by atoms with Gasteiger partial charge in [-0.1, -0.05) is 60.7 Å². The van der Waals surface area contributed by atoms with Gasteiger partial charge in [0, 0.05) is 19.8 Å². The van der Waals surface area contributed by atoms with Gasteiger partial charge in [-0.15, -0.1) is 0 Å². The molecule has 0 spiro atoms. The van der Waals surface area contributed by atoms with Crippen LogP contribution in [0.15, 0.2) is 73.2 Å². The third kappa shape index (κ3) is 2.30. The van der Waals surface area contributed by atoms with Gasteiger partial charge in [0.2, 0.25) is 8.24 Å². The lowest BCUT2D eigenvalue weighted by atomic mass is 10.4. The lowest BCUT2D eigenvalue weighted by Crippen LogP contribution is -2.67. The predicted molar refractivity (Wildman–Crippen MR) is 97.9 cm³/mol. The normalized spacial score (nSPS) is 16.7. The molecule has 23 heavy (non-hydrogen) atoms.